The third-order valence-corrected chi connectivity index (χ3v) is 6.23. The first kappa shape index (κ1) is 20.2. The van der Waals surface area contributed by atoms with E-state index in [2.05, 4.69) is 14.9 Å². The van der Waals surface area contributed by atoms with E-state index in [1.807, 2.05) is 23.8 Å². The Balaban J connectivity index is 1.61. The van der Waals surface area contributed by atoms with Crippen LogP contribution in [0.25, 0.3) is 11.4 Å². The number of esters is 1. The molecule has 3 rings (SSSR count). The average Bonchev–Trinajstić information content (AvgIpc) is 3.37. The minimum absolute atomic E-state index is 0.0849. The minimum atomic E-state index is -3.62. The molecule has 3 aromatic rings. The molecule has 1 unspecified atom stereocenters. The Morgan fingerprint density at radius 1 is 1.29 bits per heavy atom. The third kappa shape index (κ3) is 4.83. The lowest BCUT2D eigenvalue weighted by atomic mass is 10.2. The van der Waals surface area contributed by atoms with Crippen molar-refractivity contribution in [2.75, 3.05) is 0 Å². The Kier molecular flexibility index (Phi) is 6.22. The van der Waals surface area contributed by atoms with Gasteiger partial charge in [-0.3, -0.25) is 0 Å². The van der Waals surface area contributed by atoms with Crippen LogP contribution in [0.4, 0.5) is 0 Å². The van der Waals surface area contributed by atoms with Crippen LogP contribution in [-0.2, 0) is 21.4 Å². The molecular weight excluding hydrogens is 402 g/mol. The van der Waals surface area contributed by atoms with Gasteiger partial charge in [-0.2, -0.15) is 16.3 Å². The molecule has 148 valence electrons. The number of hydrogen-bond donors (Lipinski definition) is 1. The summed E-state index contributed by atoms with van der Waals surface area (Å²) in [6.07, 6.45) is 0.674. The molecule has 0 aliphatic rings. The Hall–Kier alpha value is -2.56. The number of rotatable bonds is 8. The fourth-order valence-corrected chi connectivity index (χ4v) is 4.18. The highest BCUT2D eigenvalue weighted by atomic mass is 32.2. The summed E-state index contributed by atoms with van der Waals surface area (Å²) in [5.41, 5.74) is 1.05. The zero-order valence-corrected chi connectivity index (χ0v) is 16.9. The fourth-order valence-electron chi connectivity index (χ4n) is 2.22. The number of nitrogens with one attached hydrogen (secondary N) is 1. The van der Waals surface area contributed by atoms with E-state index in [-0.39, 0.29) is 29.0 Å². The Morgan fingerprint density at radius 2 is 2.04 bits per heavy atom. The van der Waals surface area contributed by atoms with Gasteiger partial charge in [0.05, 0.1) is 10.5 Å². The molecule has 8 nitrogen and oxygen atoms in total. The Labute approximate surface area is 166 Å². The summed E-state index contributed by atoms with van der Waals surface area (Å²) in [6, 6.07) is 7.21. The van der Waals surface area contributed by atoms with E-state index in [4.69, 9.17) is 9.26 Å². The Bertz CT molecular complexity index is 1030. The molecule has 0 saturated heterocycles. The van der Waals surface area contributed by atoms with E-state index in [9.17, 15) is 13.2 Å². The lowest BCUT2D eigenvalue weighted by Gasteiger charge is -2.12. The van der Waals surface area contributed by atoms with Crippen molar-refractivity contribution >= 4 is 27.3 Å². The van der Waals surface area contributed by atoms with E-state index >= 15 is 0 Å². The van der Waals surface area contributed by atoms with E-state index in [1.54, 1.807) is 6.92 Å². The van der Waals surface area contributed by atoms with Gasteiger partial charge >= 0.3 is 5.97 Å². The van der Waals surface area contributed by atoms with E-state index in [0.29, 0.717) is 12.2 Å². The molecule has 28 heavy (non-hydrogen) atoms. The van der Waals surface area contributed by atoms with Gasteiger partial charge in [-0.15, -0.1) is 0 Å². The molecule has 0 amide bonds. The number of thiophene rings is 1. The maximum Gasteiger partial charge on any atom is 0.338 e. The molecule has 0 bridgehead atoms. The number of benzene rings is 1. The van der Waals surface area contributed by atoms with Gasteiger partial charge in [0.2, 0.25) is 15.8 Å². The first-order valence-electron chi connectivity index (χ1n) is 8.53. The summed E-state index contributed by atoms with van der Waals surface area (Å²) in [5, 5.41) is 7.61. The number of aromatic nitrogens is 2. The smallest absolute Gasteiger partial charge is 0.338 e. The van der Waals surface area contributed by atoms with E-state index in [0.717, 1.165) is 5.56 Å². The van der Waals surface area contributed by atoms with Gasteiger partial charge in [-0.05, 0) is 49.1 Å². The molecule has 0 saturated carbocycles. The molecule has 10 heteroatoms. The molecular formula is C18H19N3O5S2. The third-order valence-electron chi connectivity index (χ3n) is 3.94. The van der Waals surface area contributed by atoms with Gasteiger partial charge < -0.3 is 9.26 Å². The second kappa shape index (κ2) is 8.63. The number of sulfonamides is 1. The molecule has 2 heterocycles. The number of carbonyl (C=O) groups excluding carboxylic acids is 1. The van der Waals surface area contributed by atoms with Crippen LogP contribution in [0, 0.1) is 0 Å². The summed E-state index contributed by atoms with van der Waals surface area (Å²) in [6.45, 7) is 3.50. The summed E-state index contributed by atoms with van der Waals surface area (Å²) in [7, 11) is -3.62. The molecule has 0 spiro atoms. The SMILES string of the molecule is CCC(C)NS(=O)(=O)c1ccc(C(=O)OCc2nc(-c3ccsc3)no2)cc1. The lowest BCUT2D eigenvalue weighted by Crippen LogP contribution is -2.32. The van der Waals surface area contributed by atoms with Gasteiger partial charge in [-0.25, -0.2) is 17.9 Å². The zero-order chi connectivity index (χ0) is 20.1. The summed E-state index contributed by atoms with van der Waals surface area (Å²) >= 11 is 1.51. The molecule has 0 radical (unpaired) electrons. The van der Waals surface area contributed by atoms with Gasteiger partial charge in [-0.1, -0.05) is 12.1 Å². The first-order chi connectivity index (χ1) is 13.4. The van der Waals surface area contributed by atoms with Crippen LogP contribution in [0.15, 0.2) is 50.5 Å². The normalized spacial score (nSPS) is 12.6. The van der Waals surface area contributed by atoms with E-state index < -0.39 is 16.0 Å². The number of ether oxygens (including phenoxy) is 1. The van der Waals surface area contributed by atoms with Gasteiger partial charge in [0.15, 0.2) is 6.61 Å². The monoisotopic (exact) mass is 421 g/mol. The summed E-state index contributed by atoms with van der Waals surface area (Å²) < 4.78 is 37.3. The topological polar surface area (TPSA) is 111 Å². The lowest BCUT2D eigenvalue weighted by molar-refractivity contribution is 0.0429. The highest BCUT2D eigenvalue weighted by Crippen LogP contribution is 2.19. The molecule has 2 aromatic heterocycles. The zero-order valence-electron chi connectivity index (χ0n) is 15.3. The van der Waals surface area contributed by atoms with Crippen LogP contribution >= 0.6 is 11.3 Å². The van der Waals surface area contributed by atoms with Gasteiger partial charge in [0.25, 0.3) is 5.89 Å². The molecule has 1 N–H and O–H groups in total. The van der Waals surface area contributed by atoms with Gasteiger partial charge in [0.1, 0.15) is 0 Å². The van der Waals surface area contributed by atoms with Crippen LogP contribution < -0.4 is 4.72 Å². The highest BCUT2D eigenvalue weighted by Gasteiger charge is 2.18. The first-order valence-corrected chi connectivity index (χ1v) is 11.0. The number of hydrogen-bond acceptors (Lipinski definition) is 8. The molecule has 0 aliphatic carbocycles. The van der Waals surface area contributed by atoms with Crippen molar-refractivity contribution in [3.63, 3.8) is 0 Å². The van der Waals surface area contributed by atoms with Gasteiger partial charge in [0, 0.05) is 17.0 Å². The summed E-state index contributed by atoms with van der Waals surface area (Å²) in [4.78, 5) is 16.4. The van der Waals surface area contributed by atoms with Crippen molar-refractivity contribution in [3.05, 3.63) is 52.5 Å². The second-order valence-corrected chi connectivity index (χ2v) is 8.55. The predicted molar refractivity (Wildman–Crippen MR) is 103 cm³/mol. The predicted octanol–water partition coefficient (Wildman–Crippen LogP) is 3.23. The van der Waals surface area contributed by atoms with E-state index in [1.165, 1.54) is 35.6 Å². The molecule has 1 aromatic carbocycles. The van der Waals surface area contributed by atoms with Crippen molar-refractivity contribution in [3.8, 4) is 11.4 Å². The molecule has 0 aliphatic heterocycles. The Morgan fingerprint density at radius 3 is 2.68 bits per heavy atom. The maximum atomic E-state index is 12.2. The van der Waals surface area contributed by atoms with Crippen molar-refractivity contribution in [1.82, 2.24) is 14.9 Å². The quantitative estimate of drug-likeness (QED) is 0.556. The molecule has 0 fully saturated rings. The van der Waals surface area contributed by atoms with Crippen molar-refractivity contribution < 1.29 is 22.5 Å². The standard InChI is InChI=1S/C18H19N3O5S2/c1-3-12(2)21-28(23,24)15-6-4-13(5-7-15)18(22)25-10-16-19-17(20-26-16)14-8-9-27-11-14/h4-9,11-12,21H,3,10H2,1-2H3. The minimum Gasteiger partial charge on any atom is -0.452 e. The maximum absolute atomic E-state index is 12.2. The average molecular weight is 422 g/mol. The number of nitrogens with zero attached hydrogens (tertiary/aromatic N) is 2. The largest absolute Gasteiger partial charge is 0.452 e. The fraction of sp³-hybridized carbons (Fsp3) is 0.278. The van der Waals surface area contributed by atoms with Crippen molar-refractivity contribution in [2.24, 2.45) is 0 Å². The van der Waals surface area contributed by atoms with Crippen molar-refractivity contribution in [1.29, 1.82) is 0 Å². The van der Waals surface area contributed by atoms with Crippen LogP contribution in [0.5, 0.6) is 0 Å². The summed E-state index contributed by atoms with van der Waals surface area (Å²) in [5.74, 6) is -0.0173. The highest BCUT2D eigenvalue weighted by molar-refractivity contribution is 7.89. The number of carbonyl (C=O) groups is 1. The molecule has 1 atom stereocenters. The second-order valence-electron chi connectivity index (χ2n) is 6.05. The van der Waals surface area contributed by atoms with Crippen LogP contribution in [0.1, 0.15) is 36.5 Å². The van der Waals surface area contributed by atoms with Crippen molar-refractivity contribution in [2.45, 2.75) is 37.8 Å². The van der Waals surface area contributed by atoms with Crippen LogP contribution in [0.2, 0.25) is 0 Å². The van der Waals surface area contributed by atoms with Crippen LogP contribution in [0.3, 0.4) is 0 Å². The van der Waals surface area contributed by atoms with Crippen LogP contribution in [-0.4, -0.2) is 30.6 Å².